The average molecular weight is 476 g/mol. The minimum atomic E-state index is -3.70. The highest BCUT2D eigenvalue weighted by molar-refractivity contribution is 7.91. The molecule has 2 aromatic carbocycles. The molecule has 1 amide bonds. The van der Waals surface area contributed by atoms with Crippen LogP contribution >= 0.6 is 23.2 Å². The molecular formula is C19H19Cl2NO7S. The van der Waals surface area contributed by atoms with Crippen LogP contribution in [0.3, 0.4) is 0 Å². The fraction of sp³-hybridized carbons (Fsp3) is 0.263. The van der Waals surface area contributed by atoms with E-state index in [9.17, 15) is 23.1 Å². The van der Waals surface area contributed by atoms with E-state index >= 15 is 0 Å². The number of halogens is 2. The Bertz CT molecular complexity index is 1050. The molecule has 8 nitrogen and oxygen atoms in total. The van der Waals surface area contributed by atoms with Gasteiger partial charge >= 0.3 is 11.9 Å². The summed E-state index contributed by atoms with van der Waals surface area (Å²) in [5.41, 5.74) is 0.132. The third-order valence-electron chi connectivity index (χ3n) is 3.68. The van der Waals surface area contributed by atoms with Crippen LogP contribution in [-0.2, 0) is 24.2 Å². The van der Waals surface area contributed by atoms with Crippen LogP contribution in [-0.4, -0.2) is 37.8 Å². The number of rotatable bonds is 7. The van der Waals surface area contributed by atoms with Crippen molar-refractivity contribution in [1.29, 1.82) is 0 Å². The Labute approximate surface area is 183 Å². The molecule has 2 rings (SSSR count). The zero-order valence-electron chi connectivity index (χ0n) is 16.1. The van der Waals surface area contributed by atoms with E-state index in [4.69, 9.17) is 27.9 Å². The van der Waals surface area contributed by atoms with Gasteiger partial charge in [-0.1, -0.05) is 30.1 Å². The lowest BCUT2D eigenvalue weighted by Crippen LogP contribution is -2.24. The molecule has 0 heterocycles. The van der Waals surface area contributed by atoms with Crippen molar-refractivity contribution in [3.8, 4) is 17.2 Å². The minimum Gasteiger partial charge on any atom is -0.507 e. The molecule has 0 spiro atoms. The summed E-state index contributed by atoms with van der Waals surface area (Å²) in [6, 6.07) is 6.31. The Morgan fingerprint density at radius 1 is 1.10 bits per heavy atom. The van der Waals surface area contributed by atoms with E-state index in [1.54, 1.807) is 13.8 Å². The lowest BCUT2D eigenvalue weighted by Gasteiger charge is -2.13. The van der Waals surface area contributed by atoms with Crippen LogP contribution in [0, 0.1) is 0 Å². The number of hydrogen-bond donors (Lipinski definition) is 2. The number of ether oxygens (including phenoxy) is 2. The van der Waals surface area contributed by atoms with Crippen molar-refractivity contribution in [3.63, 3.8) is 0 Å². The van der Waals surface area contributed by atoms with Crippen molar-refractivity contribution in [2.75, 3.05) is 17.7 Å². The molecule has 0 aliphatic heterocycles. The summed E-state index contributed by atoms with van der Waals surface area (Å²) in [6.45, 7) is 3.31. The second-order valence-electron chi connectivity index (χ2n) is 5.99. The summed E-state index contributed by atoms with van der Waals surface area (Å²) in [5, 5.41) is 12.2. The number of nitrogens with one attached hydrogen (secondary N) is 1. The maximum atomic E-state index is 12.3. The Morgan fingerprint density at radius 3 is 2.30 bits per heavy atom. The van der Waals surface area contributed by atoms with Crippen molar-refractivity contribution in [1.82, 2.24) is 0 Å². The third-order valence-corrected chi connectivity index (χ3v) is 6.18. The number of hydrogen-bond acceptors (Lipinski definition) is 7. The summed E-state index contributed by atoms with van der Waals surface area (Å²) < 4.78 is 34.8. The van der Waals surface area contributed by atoms with Crippen molar-refractivity contribution in [2.45, 2.75) is 25.2 Å². The van der Waals surface area contributed by atoms with Gasteiger partial charge in [-0.2, -0.15) is 0 Å². The number of esters is 1. The van der Waals surface area contributed by atoms with Gasteiger partial charge in [-0.3, -0.25) is 4.79 Å². The molecule has 0 saturated heterocycles. The van der Waals surface area contributed by atoms with E-state index in [1.807, 2.05) is 0 Å². The van der Waals surface area contributed by atoms with Crippen molar-refractivity contribution in [2.24, 2.45) is 0 Å². The van der Waals surface area contributed by atoms with Crippen LogP contribution in [0.25, 0.3) is 0 Å². The molecule has 0 unspecified atom stereocenters. The highest BCUT2D eigenvalue weighted by atomic mass is 35.5. The van der Waals surface area contributed by atoms with E-state index in [2.05, 4.69) is 10.1 Å². The third kappa shape index (κ3) is 5.78. The van der Waals surface area contributed by atoms with E-state index in [0.717, 1.165) is 0 Å². The maximum absolute atomic E-state index is 12.3. The molecule has 0 aliphatic rings. The van der Waals surface area contributed by atoms with E-state index in [0.29, 0.717) is 6.42 Å². The Hall–Kier alpha value is -2.49. The van der Waals surface area contributed by atoms with Gasteiger partial charge in [-0.25, -0.2) is 13.2 Å². The molecule has 2 N–H and O–H groups in total. The largest absolute Gasteiger partial charge is 0.507 e. The molecule has 0 aliphatic carbocycles. The summed E-state index contributed by atoms with van der Waals surface area (Å²) >= 11 is 12.3. The van der Waals surface area contributed by atoms with Crippen molar-refractivity contribution >= 4 is 50.6 Å². The molecular weight excluding hydrogens is 457 g/mol. The first-order valence-electron chi connectivity index (χ1n) is 8.79. The number of phenols is 1. The highest BCUT2D eigenvalue weighted by Crippen LogP contribution is 2.40. The van der Waals surface area contributed by atoms with Gasteiger partial charge in [0.15, 0.2) is 15.6 Å². The minimum absolute atomic E-state index is 0.00278. The van der Waals surface area contributed by atoms with E-state index in [-0.39, 0.29) is 44.5 Å². The zero-order valence-corrected chi connectivity index (χ0v) is 18.4. The van der Waals surface area contributed by atoms with Gasteiger partial charge in [0.2, 0.25) is 0 Å². The lowest BCUT2D eigenvalue weighted by atomic mass is 10.2. The second-order valence-corrected chi connectivity index (χ2v) is 8.89. The van der Waals surface area contributed by atoms with Crippen molar-refractivity contribution in [3.05, 3.63) is 40.4 Å². The first kappa shape index (κ1) is 23.8. The van der Waals surface area contributed by atoms with E-state index in [1.165, 1.54) is 30.3 Å². The molecule has 0 saturated carbocycles. The molecule has 0 fully saturated rings. The van der Waals surface area contributed by atoms with Crippen LogP contribution in [0.15, 0.2) is 35.2 Å². The summed E-state index contributed by atoms with van der Waals surface area (Å²) in [5.74, 6) is -2.52. The zero-order chi connectivity index (χ0) is 22.5. The molecule has 11 heteroatoms. The molecule has 0 aromatic heterocycles. The van der Waals surface area contributed by atoms with Crippen LogP contribution in [0.4, 0.5) is 5.69 Å². The Balaban J connectivity index is 2.30. The van der Waals surface area contributed by atoms with Crippen molar-refractivity contribution < 1.29 is 32.6 Å². The number of phenolic OH excluding ortho intramolecular Hbond substituents is 1. The SMILES string of the molecule is CCCS(=O)(=O)c1cc(Oc2c(Cl)cc(NC(=O)C(=O)OCC)cc2Cl)ccc1O. The van der Waals surface area contributed by atoms with Crippen LogP contribution < -0.4 is 10.1 Å². The van der Waals surface area contributed by atoms with Gasteiger partial charge in [0.05, 0.1) is 22.4 Å². The summed E-state index contributed by atoms with van der Waals surface area (Å²) in [6.07, 6.45) is 0.378. The topological polar surface area (TPSA) is 119 Å². The number of carbonyl (C=O) groups excluding carboxylic acids is 2. The monoisotopic (exact) mass is 475 g/mol. The number of aromatic hydroxyl groups is 1. The highest BCUT2D eigenvalue weighted by Gasteiger charge is 2.21. The quantitative estimate of drug-likeness (QED) is 0.455. The fourth-order valence-corrected chi connectivity index (χ4v) is 4.42. The first-order chi connectivity index (χ1) is 14.1. The smallest absolute Gasteiger partial charge is 0.397 e. The molecule has 0 atom stereocenters. The molecule has 0 radical (unpaired) electrons. The van der Waals surface area contributed by atoms with Gasteiger partial charge in [-0.05, 0) is 37.6 Å². The number of anilines is 1. The molecule has 2 aromatic rings. The van der Waals surface area contributed by atoms with Gasteiger partial charge in [0.1, 0.15) is 16.4 Å². The van der Waals surface area contributed by atoms with E-state index < -0.39 is 27.5 Å². The van der Waals surface area contributed by atoms with Gasteiger partial charge in [0.25, 0.3) is 0 Å². The number of benzene rings is 2. The Kier molecular flexibility index (Phi) is 7.94. The molecule has 162 valence electrons. The second kappa shape index (κ2) is 10.0. The van der Waals surface area contributed by atoms with Gasteiger partial charge in [-0.15, -0.1) is 0 Å². The standard InChI is InChI=1S/C19H19Cl2NO7S/c1-3-7-30(26,27)16-10-12(5-6-15(16)23)29-17-13(20)8-11(9-14(17)21)22-18(24)19(25)28-4-2/h5-6,8-10,23H,3-4,7H2,1-2H3,(H,22,24). The lowest BCUT2D eigenvalue weighted by molar-refractivity contribution is -0.152. The van der Waals surface area contributed by atoms with Crippen LogP contribution in [0.2, 0.25) is 10.0 Å². The predicted octanol–water partition coefficient (Wildman–Crippen LogP) is 4.18. The van der Waals surface area contributed by atoms with Crippen LogP contribution in [0.1, 0.15) is 20.3 Å². The average Bonchev–Trinajstić information content (AvgIpc) is 2.66. The summed E-state index contributed by atoms with van der Waals surface area (Å²) in [4.78, 5) is 22.9. The normalized spacial score (nSPS) is 11.1. The molecule has 0 bridgehead atoms. The summed E-state index contributed by atoms with van der Waals surface area (Å²) in [7, 11) is -3.70. The molecule has 30 heavy (non-hydrogen) atoms. The first-order valence-corrected chi connectivity index (χ1v) is 11.2. The van der Waals surface area contributed by atoms with Gasteiger partial charge in [0, 0.05) is 11.8 Å². The maximum Gasteiger partial charge on any atom is 0.397 e. The van der Waals surface area contributed by atoms with Gasteiger partial charge < -0.3 is 19.9 Å². The number of sulfone groups is 1. The fourth-order valence-electron chi connectivity index (χ4n) is 2.41. The predicted molar refractivity (Wildman–Crippen MR) is 112 cm³/mol. The van der Waals surface area contributed by atoms with Crippen LogP contribution in [0.5, 0.6) is 17.2 Å². The number of carbonyl (C=O) groups is 2. The Morgan fingerprint density at radius 2 is 1.73 bits per heavy atom. The number of amides is 1.